The molecule has 6 heteroatoms. The number of likely N-dealkylation sites (tertiary alicyclic amines) is 1. The van der Waals surface area contributed by atoms with E-state index in [4.69, 9.17) is 11.6 Å². The van der Waals surface area contributed by atoms with Gasteiger partial charge in [-0.2, -0.15) is 0 Å². The molecule has 144 valence electrons. The molecule has 1 aromatic carbocycles. The van der Waals surface area contributed by atoms with Crippen molar-refractivity contribution < 1.29 is 9.59 Å². The Balaban J connectivity index is 1.66. The molecule has 2 heterocycles. The fourth-order valence-electron chi connectivity index (χ4n) is 3.51. The topological polar surface area (TPSA) is 49.4 Å². The van der Waals surface area contributed by atoms with Gasteiger partial charge < -0.3 is 10.2 Å². The Bertz CT molecular complexity index is 774. The number of benzene rings is 1. The van der Waals surface area contributed by atoms with Crippen LogP contribution >= 0.6 is 22.9 Å². The van der Waals surface area contributed by atoms with Crippen molar-refractivity contribution in [3.8, 4) is 0 Å². The summed E-state index contributed by atoms with van der Waals surface area (Å²) < 4.78 is 0. The summed E-state index contributed by atoms with van der Waals surface area (Å²) >= 11 is 7.43. The summed E-state index contributed by atoms with van der Waals surface area (Å²) in [6.07, 6.45) is 1.66. The Hall–Kier alpha value is -1.85. The lowest BCUT2D eigenvalue weighted by atomic mass is 9.93. The number of carbonyl (C=O) groups excluding carboxylic acids is 2. The Kier molecular flexibility index (Phi) is 6.55. The van der Waals surface area contributed by atoms with Crippen molar-refractivity contribution in [2.24, 2.45) is 11.8 Å². The van der Waals surface area contributed by atoms with E-state index < -0.39 is 0 Å². The van der Waals surface area contributed by atoms with Gasteiger partial charge in [0.15, 0.2) is 0 Å². The predicted octanol–water partition coefficient (Wildman–Crippen LogP) is 4.77. The summed E-state index contributed by atoms with van der Waals surface area (Å²) in [5, 5.41) is 5.79. The van der Waals surface area contributed by atoms with E-state index in [0.717, 1.165) is 23.3 Å². The van der Waals surface area contributed by atoms with Gasteiger partial charge in [-0.25, -0.2) is 0 Å². The zero-order valence-electron chi connectivity index (χ0n) is 15.7. The fraction of sp³-hybridized carbons (Fsp3) is 0.429. The highest BCUT2D eigenvalue weighted by molar-refractivity contribution is 7.12. The van der Waals surface area contributed by atoms with Crippen molar-refractivity contribution in [3.05, 3.63) is 57.2 Å². The number of carbonyl (C=O) groups is 2. The van der Waals surface area contributed by atoms with Gasteiger partial charge in [0.05, 0.1) is 16.8 Å². The zero-order valence-corrected chi connectivity index (χ0v) is 17.2. The van der Waals surface area contributed by atoms with Gasteiger partial charge in [-0.1, -0.05) is 43.6 Å². The summed E-state index contributed by atoms with van der Waals surface area (Å²) in [5.74, 6) is 0.131. The first kappa shape index (κ1) is 19.9. The molecular weight excluding hydrogens is 380 g/mol. The van der Waals surface area contributed by atoms with Gasteiger partial charge in [0.25, 0.3) is 5.91 Å². The van der Waals surface area contributed by atoms with Crippen LogP contribution in [0.3, 0.4) is 0 Å². The standard InChI is InChI=1S/C21H25ClN2O2S/c1-14(2)19(15-7-9-17(22)10-8-15)23-20(25)16-5-3-11-24(13-16)21(26)18-6-4-12-27-18/h4,6-10,12,14,16,19H,3,5,11,13H2,1-2H3,(H,23,25). The summed E-state index contributed by atoms with van der Waals surface area (Å²) in [5.41, 5.74) is 1.05. The molecule has 27 heavy (non-hydrogen) atoms. The van der Waals surface area contributed by atoms with Crippen molar-refractivity contribution >= 4 is 34.8 Å². The molecule has 1 aliphatic heterocycles. The molecule has 1 fully saturated rings. The molecule has 2 aromatic rings. The van der Waals surface area contributed by atoms with E-state index in [1.165, 1.54) is 11.3 Å². The van der Waals surface area contributed by atoms with Crippen LogP contribution in [-0.2, 0) is 4.79 Å². The first-order valence-corrected chi connectivity index (χ1v) is 10.6. The summed E-state index contributed by atoms with van der Waals surface area (Å²) in [6, 6.07) is 11.3. The molecule has 0 bridgehead atoms. The van der Waals surface area contributed by atoms with Gasteiger partial charge >= 0.3 is 0 Å². The second-order valence-corrected chi connectivity index (χ2v) is 8.73. The number of amides is 2. The molecule has 4 nitrogen and oxygen atoms in total. The molecule has 0 spiro atoms. The minimum absolute atomic E-state index is 0.0207. The summed E-state index contributed by atoms with van der Waals surface area (Å²) in [6.45, 7) is 5.37. The van der Waals surface area contributed by atoms with Gasteiger partial charge in [0.2, 0.25) is 5.91 Å². The number of halogens is 1. The van der Waals surface area contributed by atoms with E-state index in [9.17, 15) is 9.59 Å². The van der Waals surface area contributed by atoms with Crippen molar-refractivity contribution in [2.45, 2.75) is 32.7 Å². The first-order chi connectivity index (χ1) is 13.0. The number of thiophene rings is 1. The van der Waals surface area contributed by atoms with Crippen LogP contribution in [0, 0.1) is 11.8 Å². The third kappa shape index (κ3) is 4.90. The van der Waals surface area contributed by atoms with Crippen LogP contribution in [0.25, 0.3) is 0 Å². The summed E-state index contributed by atoms with van der Waals surface area (Å²) in [4.78, 5) is 28.1. The Morgan fingerprint density at radius 2 is 1.96 bits per heavy atom. The van der Waals surface area contributed by atoms with Crippen molar-refractivity contribution in [2.75, 3.05) is 13.1 Å². The largest absolute Gasteiger partial charge is 0.349 e. The van der Waals surface area contributed by atoms with Crippen LogP contribution in [0.15, 0.2) is 41.8 Å². The second-order valence-electron chi connectivity index (χ2n) is 7.35. The first-order valence-electron chi connectivity index (χ1n) is 9.34. The van der Waals surface area contributed by atoms with E-state index in [1.54, 1.807) is 0 Å². The average molecular weight is 405 g/mol. The number of rotatable bonds is 5. The van der Waals surface area contributed by atoms with Gasteiger partial charge in [0.1, 0.15) is 0 Å². The number of nitrogens with one attached hydrogen (secondary N) is 1. The highest BCUT2D eigenvalue weighted by Gasteiger charge is 2.31. The van der Waals surface area contributed by atoms with Crippen molar-refractivity contribution in [1.82, 2.24) is 10.2 Å². The molecule has 2 atom stereocenters. The number of piperidine rings is 1. The molecular formula is C21H25ClN2O2S. The zero-order chi connectivity index (χ0) is 19.4. The molecule has 1 aromatic heterocycles. The smallest absolute Gasteiger partial charge is 0.263 e. The second kappa shape index (κ2) is 8.89. The fourth-order valence-corrected chi connectivity index (χ4v) is 4.32. The molecule has 1 N–H and O–H groups in total. The van der Waals surface area contributed by atoms with Gasteiger partial charge in [-0.3, -0.25) is 9.59 Å². The van der Waals surface area contributed by atoms with Crippen LogP contribution in [0.1, 0.15) is 48.0 Å². The monoisotopic (exact) mass is 404 g/mol. The SMILES string of the molecule is CC(C)C(NC(=O)C1CCCN(C(=O)c2cccs2)C1)c1ccc(Cl)cc1. The van der Waals surface area contributed by atoms with Crippen molar-refractivity contribution in [1.29, 1.82) is 0 Å². The number of hydrogen-bond acceptors (Lipinski definition) is 3. The Labute approximate surface area is 169 Å². The third-order valence-electron chi connectivity index (χ3n) is 5.00. The number of hydrogen-bond donors (Lipinski definition) is 1. The van der Waals surface area contributed by atoms with E-state index in [2.05, 4.69) is 19.2 Å². The molecule has 1 saturated heterocycles. The van der Waals surface area contributed by atoms with E-state index in [1.807, 2.05) is 46.7 Å². The lowest BCUT2D eigenvalue weighted by Gasteiger charge is -2.33. The highest BCUT2D eigenvalue weighted by Crippen LogP contribution is 2.26. The molecule has 0 saturated carbocycles. The quantitative estimate of drug-likeness (QED) is 0.780. The molecule has 1 aliphatic rings. The van der Waals surface area contributed by atoms with Gasteiger partial charge in [-0.05, 0) is 47.9 Å². The van der Waals surface area contributed by atoms with Crippen LogP contribution in [-0.4, -0.2) is 29.8 Å². The van der Waals surface area contributed by atoms with Crippen LogP contribution < -0.4 is 5.32 Å². The maximum absolute atomic E-state index is 12.9. The molecule has 0 aliphatic carbocycles. The van der Waals surface area contributed by atoms with Gasteiger partial charge in [-0.15, -0.1) is 11.3 Å². The van der Waals surface area contributed by atoms with Crippen molar-refractivity contribution in [3.63, 3.8) is 0 Å². The highest BCUT2D eigenvalue weighted by atomic mass is 35.5. The minimum atomic E-state index is -0.170. The molecule has 2 amide bonds. The average Bonchev–Trinajstić information content (AvgIpc) is 3.21. The van der Waals surface area contributed by atoms with Gasteiger partial charge in [0, 0.05) is 18.1 Å². The molecule has 0 radical (unpaired) electrons. The lowest BCUT2D eigenvalue weighted by molar-refractivity contribution is -0.127. The van der Waals surface area contributed by atoms with Crippen LogP contribution in [0.2, 0.25) is 5.02 Å². The summed E-state index contributed by atoms with van der Waals surface area (Å²) in [7, 11) is 0. The van der Waals surface area contributed by atoms with E-state index >= 15 is 0 Å². The normalized spacial score (nSPS) is 18.4. The predicted molar refractivity (Wildman–Crippen MR) is 110 cm³/mol. The molecule has 2 unspecified atom stereocenters. The van der Waals surface area contributed by atoms with E-state index in [-0.39, 0.29) is 29.7 Å². The maximum atomic E-state index is 12.9. The maximum Gasteiger partial charge on any atom is 0.263 e. The molecule has 3 rings (SSSR count). The minimum Gasteiger partial charge on any atom is -0.349 e. The lowest BCUT2D eigenvalue weighted by Crippen LogP contribution is -2.46. The third-order valence-corrected chi connectivity index (χ3v) is 6.11. The Morgan fingerprint density at radius 3 is 2.59 bits per heavy atom. The Morgan fingerprint density at radius 1 is 1.22 bits per heavy atom. The van der Waals surface area contributed by atoms with Crippen LogP contribution in [0.4, 0.5) is 0 Å². The van der Waals surface area contributed by atoms with Crippen LogP contribution in [0.5, 0.6) is 0 Å². The number of nitrogens with zero attached hydrogens (tertiary/aromatic N) is 1. The van der Waals surface area contributed by atoms with E-state index in [0.29, 0.717) is 18.1 Å².